The number of amides is 2. The number of para-hydroxylation sites is 1. The van der Waals surface area contributed by atoms with E-state index in [1.54, 1.807) is 48.5 Å². The number of carbonyl (C=O) groups excluding carboxylic acids is 2. The minimum absolute atomic E-state index is 0.101. The van der Waals surface area contributed by atoms with Gasteiger partial charge in [0.1, 0.15) is 0 Å². The molecule has 6 heteroatoms. The number of anilines is 2. The monoisotopic (exact) mass is 385 g/mol. The van der Waals surface area contributed by atoms with Gasteiger partial charge in [0.15, 0.2) is 0 Å². The highest BCUT2D eigenvalue weighted by Crippen LogP contribution is 2.20. The van der Waals surface area contributed by atoms with Crippen LogP contribution >= 0.6 is 11.6 Å². The lowest BCUT2D eigenvalue weighted by Gasteiger charge is -2.32. The lowest BCUT2D eigenvalue weighted by Crippen LogP contribution is -2.42. The SMILES string of the molecule is C[C@H]1CCCCN1CC(=O)Nc1ccccc1C(=O)Nc1ccc(Cl)cc1. The third-order valence-electron chi connectivity index (χ3n) is 4.84. The van der Waals surface area contributed by atoms with Gasteiger partial charge in [0.25, 0.3) is 5.91 Å². The smallest absolute Gasteiger partial charge is 0.257 e. The summed E-state index contributed by atoms with van der Waals surface area (Å²) in [6, 6.07) is 14.3. The van der Waals surface area contributed by atoms with Crippen molar-refractivity contribution in [3.8, 4) is 0 Å². The minimum Gasteiger partial charge on any atom is -0.324 e. The van der Waals surface area contributed by atoms with E-state index < -0.39 is 0 Å². The quantitative estimate of drug-likeness (QED) is 0.801. The van der Waals surface area contributed by atoms with Crippen LogP contribution in [0.3, 0.4) is 0 Å². The van der Waals surface area contributed by atoms with Gasteiger partial charge >= 0.3 is 0 Å². The largest absolute Gasteiger partial charge is 0.324 e. The molecule has 5 nitrogen and oxygen atoms in total. The molecule has 3 rings (SSSR count). The fourth-order valence-corrected chi connectivity index (χ4v) is 3.41. The zero-order chi connectivity index (χ0) is 19.2. The molecule has 1 atom stereocenters. The van der Waals surface area contributed by atoms with Crippen LogP contribution in [-0.2, 0) is 4.79 Å². The van der Waals surface area contributed by atoms with E-state index in [1.165, 1.54) is 6.42 Å². The molecule has 0 radical (unpaired) electrons. The predicted molar refractivity (Wildman–Crippen MR) is 109 cm³/mol. The summed E-state index contributed by atoms with van der Waals surface area (Å²) in [5.41, 5.74) is 1.58. The molecule has 2 aromatic carbocycles. The van der Waals surface area contributed by atoms with E-state index in [1.807, 2.05) is 0 Å². The molecule has 2 N–H and O–H groups in total. The van der Waals surface area contributed by atoms with Crippen molar-refractivity contribution < 1.29 is 9.59 Å². The zero-order valence-electron chi connectivity index (χ0n) is 15.4. The molecule has 0 unspecified atom stereocenters. The van der Waals surface area contributed by atoms with Crippen molar-refractivity contribution in [2.45, 2.75) is 32.2 Å². The maximum absolute atomic E-state index is 12.6. The number of hydrogen-bond acceptors (Lipinski definition) is 3. The van der Waals surface area contributed by atoms with Crippen molar-refractivity contribution in [2.75, 3.05) is 23.7 Å². The van der Waals surface area contributed by atoms with Crippen LogP contribution in [0.15, 0.2) is 48.5 Å². The number of hydrogen-bond donors (Lipinski definition) is 2. The highest BCUT2D eigenvalue weighted by Gasteiger charge is 2.21. The second-order valence-corrected chi connectivity index (χ2v) is 7.31. The Morgan fingerprint density at radius 1 is 1.07 bits per heavy atom. The van der Waals surface area contributed by atoms with Crippen molar-refractivity contribution in [1.82, 2.24) is 4.90 Å². The molecule has 0 saturated carbocycles. The first kappa shape index (κ1) is 19.4. The van der Waals surface area contributed by atoms with E-state index in [2.05, 4.69) is 22.5 Å². The summed E-state index contributed by atoms with van der Waals surface area (Å²) in [4.78, 5) is 27.3. The van der Waals surface area contributed by atoms with Gasteiger partial charge in [0.2, 0.25) is 5.91 Å². The second-order valence-electron chi connectivity index (χ2n) is 6.87. The third-order valence-corrected chi connectivity index (χ3v) is 5.09. The van der Waals surface area contributed by atoms with Crippen LogP contribution in [0.1, 0.15) is 36.5 Å². The Bertz CT molecular complexity index is 807. The number of nitrogens with zero attached hydrogens (tertiary/aromatic N) is 1. The summed E-state index contributed by atoms with van der Waals surface area (Å²) in [5.74, 6) is -0.380. The van der Waals surface area contributed by atoms with Crippen LogP contribution in [0.5, 0.6) is 0 Å². The van der Waals surface area contributed by atoms with Crippen LogP contribution in [0.25, 0.3) is 0 Å². The van der Waals surface area contributed by atoms with Crippen molar-refractivity contribution >= 4 is 34.8 Å². The van der Waals surface area contributed by atoms with Crippen LogP contribution < -0.4 is 10.6 Å². The average Bonchev–Trinajstić information content (AvgIpc) is 2.66. The van der Waals surface area contributed by atoms with Gasteiger partial charge < -0.3 is 10.6 Å². The van der Waals surface area contributed by atoms with Gasteiger partial charge in [-0.1, -0.05) is 30.2 Å². The van der Waals surface area contributed by atoms with Gasteiger partial charge in [-0.3, -0.25) is 14.5 Å². The molecule has 27 heavy (non-hydrogen) atoms. The summed E-state index contributed by atoms with van der Waals surface area (Å²) in [6.45, 7) is 3.43. The molecule has 1 saturated heterocycles. The Hall–Kier alpha value is -2.37. The molecule has 1 aliphatic heterocycles. The highest BCUT2D eigenvalue weighted by molar-refractivity contribution is 6.30. The number of likely N-dealkylation sites (tertiary alicyclic amines) is 1. The molecule has 0 aliphatic carbocycles. The number of benzene rings is 2. The van der Waals surface area contributed by atoms with Crippen LogP contribution in [-0.4, -0.2) is 35.8 Å². The van der Waals surface area contributed by atoms with E-state index in [0.29, 0.717) is 34.5 Å². The Kier molecular flexibility index (Phi) is 6.48. The molecule has 1 heterocycles. The van der Waals surface area contributed by atoms with Crippen LogP contribution in [0.2, 0.25) is 5.02 Å². The minimum atomic E-state index is -0.278. The fourth-order valence-electron chi connectivity index (χ4n) is 3.29. The Labute approximate surface area is 164 Å². The van der Waals surface area contributed by atoms with E-state index >= 15 is 0 Å². The maximum Gasteiger partial charge on any atom is 0.257 e. The molecular formula is C21H24ClN3O2. The van der Waals surface area contributed by atoms with E-state index in [9.17, 15) is 9.59 Å². The topological polar surface area (TPSA) is 61.4 Å². The molecule has 2 amide bonds. The van der Waals surface area contributed by atoms with Crippen LogP contribution in [0.4, 0.5) is 11.4 Å². The molecule has 0 bridgehead atoms. The summed E-state index contributed by atoms with van der Waals surface area (Å²) in [7, 11) is 0. The lowest BCUT2D eigenvalue weighted by atomic mass is 10.0. The number of piperidine rings is 1. The number of halogens is 1. The fraction of sp³-hybridized carbons (Fsp3) is 0.333. The molecule has 1 aliphatic rings. The van der Waals surface area contributed by atoms with Crippen LogP contribution in [0, 0.1) is 0 Å². The van der Waals surface area contributed by atoms with Gasteiger partial charge in [0, 0.05) is 16.8 Å². The molecule has 2 aromatic rings. The van der Waals surface area contributed by atoms with Crippen molar-refractivity contribution in [1.29, 1.82) is 0 Å². The lowest BCUT2D eigenvalue weighted by molar-refractivity contribution is -0.118. The predicted octanol–water partition coefficient (Wildman–Crippen LogP) is 4.41. The summed E-state index contributed by atoms with van der Waals surface area (Å²) in [6.07, 6.45) is 3.46. The maximum atomic E-state index is 12.6. The highest BCUT2D eigenvalue weighted by atomic mass is 35.5. The Balaban J connectivity index is 1.66. The van der Waals surface area contributed by atoms with Gasteiger partial charge in [0.05, 0.1) is 17.8 Å². The van der Waals surface area contributed by atoms with Gasteiger partial charge in [-0.05, 0) is 62.7 Å². The van der Waals surface area contributed by atoms with Gasteiger partial charge in [-0.25, -0.2) is 0 Å². The summed E-state index contributed by atoms with van der Waals surface area (Å²) in [5, 5.41) is 6.32. The first-order valence-electron chi connectivity index (χ1n) is 9.23. The number of carbonyl (C=O) groups is 2. The van der Waals surface area contributed by atoms with Crippen molar-refractivity contribution in [3.05, 3.63) is 59.1 Å². The summed E-state index contributed by atoms with van der Waals surface area (Å²) >= 11 is 5.87. The van der Waals surface area contributed by atoms with E-state index in [-0.39, 0.29) is 11.8 Å². The standard InChI is InChI=1S/C21H24ClN3O2/c1-15-6-4-5-13-25(15)14-20(26)24-19-8-3-2-7-18(19)21(27)23-17-11-9-16(22)10-12-17/h2-3,7-12,15H,4-6,13-14H2,1H3,(H,23,27)(H,24,26)/t15-/m0/s1. The van der Waals surface area contributed by atoms with E-state index in [4.69, 9.17) is 11.6 Å². The molecule has 142 valence electrons. The first-order valence-corrected chi connectivity index (χ1v) is 9.60. The molecular weight excluding hydrogens is 362 g/mol. The number of nitrogens with one attached hydrogen (secondary N) is 2. The van der Waals surface area contributed by atoms with Gasteiger partial charge in [-0.2, -0.15) is 0 Å². The molecule has 0 aromatic heterocycles. The third kappa shape index (κ3) is 5.31. The first-order chi connectivity index (χ1) is 13.0. The molecule has 0 spiro atoms. The zero-order valence-corrected chi connectivity index (χ0v) is 16.1. The van der Waals surface area contributed by atoms with Gasteiger partial charge in [-0.15, -0.1) is 0 Å². The average molecular weight is 386 g/mol. The van der Waals surface area contributed by atoms with Crippen molar-refractivity contribution in [2.24, 2.45) is 0 Å². The summed E-state index contributed by atoms with van der Waals surface area (Å²) < 4.78 is 0. The second kappa shape index (κ2) is 9.02. The van der Waals surface area contributed by atoms with Crippen molar-refractivity contribution in [3.63, 3.8) is 0 Å². The molecule has 1 fully saturated rings. The Morgan fingerprint density at radius 3 is 2.56 bits per heavy atom. The number of rotatable bonds is 5. The normalized spacial score (nSPS) is 17.3. The Morgan fingerprint density at radius 2 is 1.81 bits per heavy atom. The van der Waals surface area contributed by atoms with E-state index in [0.717, 1.165) is 19.4 Å².